The minimum absolute atomic E-state index is 0.332. The molecule has 10 heavy (non-hydrogen) atoms. The van der Waals surface area contributed by atoms with Crippen molar-refractivity contribution in [2.45, 2.75) is 6.92 Å². The Kier molecular flexibility index (Phi) is 4.51. The first kappa shape index (κ1) is 9.12. The lowest BCUT2D eigenvalue weighted by Gasteiger charge is -1.86. The van der Waals surface area contributed by atoms with Crippen molar-refractivity contribution in [3.8, 4) is 6.07 Å². The van der Waals surface area contributed by atoms with E-state index in [1.807, 2.05) is 13.0 Å². The number of hydrogen-bond donors (Lipinski definition) is 0. The van der Waals surface area contributed by atoms with Crippen LogP contribution in [-0.2, 0) is 0 Å². The van der Waals surface area contributed by atoms with E-state index in [4.69, 9.17) is 5.26 Å². The lowest BCUT2D eigenvalue weighted by atomic mass is 10.4. The fourth-order valence-corrected chi connectivity index (χ4v) is 0.471. The minimum atomic E-state index is 0.332. The molecular weight excluding hydrogens is 192 g/mol. The average molecular weight is 199 g/mol. The van der Waals surface area contributed by atoms with Crippen LogP contribution < -0.4 is 0 Å². The highest BCUT2D eigenvalue weighted by molar-refractivity contribution is 9.18. The van der Waals surface area contributed by atoms with E-state index >= 15 is 0 Å². The van der Waals surface area contributed by atoms with Gasteiger partial charge in [0.25, 0.3) is 0 Å². The van der Waals surface area contributed by atoms with Gasteiger partial charge < -0.3 is 0 Å². The zero-order valence-corrected chi connectivity index (χ0v) is 7.22. The van der Waals surface area contributed by atoms with Crippen molar-refractivity contribution in [3.05, 3.63) is 24.4 Å². The second-order valence-electron chi connectivity index (χ2n) is 1.49. The molecule has 0 aromatic carbocycles. The Bertz CT molecular complexity index is 220. The van der Waals surface area contributed by atoms with Crippen molar-refractivity contribution in [3.63, 3.8) is 0 Å². The molecule has 0 unspecified atom stereocenters. The summed E-state index contributed by atoms with van der Waals surface area (Å²) in [5.74, 6) is 0. The van der Waals surface area contributed by atoms with Gasteiger partial charge in [-0.3, -0.25) is 0 Å². The average Bonchev–Trinajstić information content (AvgIpc) is 1.98. The van der Waals surface area contributed by atoms with Gasteiger partial charge in [-0.15, -0.1) is 0 Å². The van der Waals surface area contributed by atoms with Crippen molar-refractivity contribution in [2.24, 2.45) is 4.99 Å². The summed E-state index contributed by atoms with van der Waals surface area (Å²) in [6.07, 6.45) is 3.36. The number of hydrogen-bond acceptors (Lipinski definition) is 2. The van der Waals surface area contributed by atoms with E-state index in [9.17, 15) is 0 Å². The van der Waals surface area contributed by atoms with Gasteiger partial charge in [-0.2, -0.15) is 5.26 Å². The number of nitrogens with zero attached hydrogens (tertiary/aromatic N) is 2. The van der Waals surface area contributed by atoms with E-state index < -0.39 is 0 Å². The molecule has 52 valence electrons. The van der Waals surface area contributed by atoms with Crippen LogP contribution in [0.1, 0.15) is 6.92 Å². The fourth-order valence-electron chi connectivity index (χ4n) is 0.264. The molecule has 0 spiro atoms. The molecule has 0 aliphatic carbocycles. The van der Waals surface area contributed by atoms with Crippen LogP contribution in [0, 0.1) is 11.3 Å². The van der Waals surface area contributed by atoms with E-state index in [1.165, 1.54) is 0 Å². The number of aliphatic imine (C=N–C) groups is 1. The van der Waals surface area contributed by atoms with Crippen molar-refractivity contribution in [1.82, 2.24) is 0 Å². The van der Waals surface area contributed by atoms with Crippen LogP contribution in [0.3, 0.4) is 0 Å². The smallest absolute Gasteiger partial charge is 0.123 e. The second kappa shape index (κ2) is 4.95. The lowest BCUT2D eigenvalue weighted by molar-refractivity contribution is 1.50. The molecule has 0 heterocycles. The quantitative estimate of drug-likeness (QED) is 0.496. The molecule has 0 N–H and O–H groups in total. The van der Waals surface area contributed by atoms with Gasteiger partial charge in [0.1, 0.15) is 10.7 Å². The first-order valence-electron chi connectivity index (χ1n) is 2.66. The summed E-state index contributed by atoms with van der Waals surface area (Å²) in [6.45, 7) is 5.30. The Morgan fingerprint density at radius 1 is 1.80 bits per heavy atom. The summed E-state index contributed by atoms with van der Waals surface area (Å²) in [6, 6.07) is 1.87. The van der Waals surface area contributed by atoms with Crippen LogP contribution in [0.5, 0.6) is 0 Å². The molecule has 3 heteroatoms. The molecule has 0 aliphatic rings. The summed E-state index contributed by atoms with van der Waals surface area (Å²) in [4.78, 5) is 3.84. The zero-order valence-electron chi connectivity index (χ0n) is 5.63. The van der Waals surface area contributed by atoms with E-state index in [-0.39, 0.29) is 0 Å². The van der Waals surface area contributed by atoms with Crippen LogP contribution >= 0.6 is 15.9 Å². The largest absolute Gasteiger partial charge is 0.248 e. The van der Waals surface area contributed by atoms with E-state index in [0.29, 0.717) is 10.2 Å². The highest BCUT2D eigenvalue weighted by atomic mass is 79.9. The maximum atomic E-state index is 8.32. The van der Waals surface area contributed by atoms with Gasteiger partial charge >= 0.3 is 0 Å². The normalized spacial score (nSPS) is 11.5. The molecule has 0 radical (unpaired) electrons. The standard InChI is InChI=1S/C7H7BrN2/c1-3-4-10-7(8)6(2)5-9/h3-4H,2H2,1H3/b4-3-,10-7?. The highest BCUT2D eigenvalue weighted by Gasteiger charge is 1.94. The third-order valence-corrected chi connectivity index (χ3v) is 1.40. The molecule has 0 saturated heterocycles. The Labute approximate surface area is 68.7 Å². The SMILES string of the molecule is C=C(C#N)C(Br)=N/C=C\C. The van der Waals surface area contributed by atoms with Gasteiger partial charge in [0, 0.05) is 6.20 Å². The fraction of sp³-hybridized carbons (Fsp3) is 0.143. The van der Waals surface area contributed by atoms with Gasteiger partial charge in [0.15, 0.2) is 0 Å². The number of rotatable bonds is 2. The molecule has 0 amide bonds. The van der Waals surface area contributed by atoms with E-state index in [1.54, 1.807) is 12.3 Å². The van der Waals surface area contributed by atoms with Gasteiger partial charge in [0.05, 0.1) is 5.57 Å². The number of nitriles is 1. The number of halogens is 1. The lowest BCUT2D eigenvalue weighted by Crippen LogP contribution is -1.85. The Morgan fingerprint density at radius 3 is 2.80 bits per heavy atom. The number of allylic oxidation sites excluding steroid dienone is 2. The minimum Gasteiger partial charge on any atom is -0.248 e. The van der Waals surface area contributed by atoms with Crippen LogP contribution in [0.15, 0.2) is 29.4 Å². The second-order valence-corrected chi connectivity index (χ2v) is 2.24. The molecule has 0 fully saturated rings. The van der Waals surface area contributed by atoms with Gasteiger partial charge in [0.2, 0.25) is 0 Å². The molecule has 0 bridgehead atoms. The monoisotopic (exact) mass is 198 g/mol. The summed E-state index contributed by atoms with van der Waals surface area (Å²) < 4.78 is 0.480. The molecule has 2 nitrogen and oxygen atoms in total. The summed E-state index contributed by atoms with van der Waals surface area (Å²) in [5.41, 5.74) is 0.332. The molecule has 0 rings (SSSR count). The van der Waals surface area contributed by atoms with E-state index in [0.717, 1.165) is 0 Å². The molecule has 0 atom stereocenters. The predicted molar refractivity (Wildman–Crippen MR) is 45.9 cm³/mol. The molecule has 0 aromatic rings. The third-order valence-electron chi connectivity index (χ3n) is 0.721. The molecule has 0 aliphatic heterocycles. The maximum Gasteiger partial charge on any atom is 0.123 e. The van der Waals surface area contributed by atoms with Crippen LogP contribution in [-0.4, -0.2) is 4.62 Å². The zero-order chi connectivity index (χ0) is 7.98. The summed E-state index contributed by atoms with van der Waals surface area (Å²) >= 11 is 3.08. The molecule has 0 saturated carbocycles. The Balaban J connectivity index is 4.23. The Hall–Kier alpha value is -0.880. The highest BCUT2D eigenvalue weighted by Crippen LogP contribution is 2.01. The first-order valence-corrected chi connectivity index (χ1v) is 3.45. The van der Waals surface area contributed by atoms with Crippen molar-refractivity contribution < 1.29 is 0 Å². The maximum absolute atomic E-state index is 8.32. The topological polar surface area (TPSA) is 36.1 Å². The van der Waals surface area contributed by atoms with Crippen molar-refractivity contribution >= 4 is 20.6 Å². The van der Waals surface area contributed by atoms with Crippen LogP contribution in [0.2, 0.25) is 0 Å². The summed E-state index contributed by atoms with van der Waals surface area (Å²) in [7, 11) is 0. The molecule has 0 aromatic heterocycles. The van der Waals surface area contributed by atoms with Crippen LogP contribution in [0.25, 0.3) is 0 Å². The van der Waals surface area contributed by atoms with Crippen molar-refractivity contribution in [1.29, 1.82) is 5.26 Å². The van der Waals surface area contributed by atoms with Crippen molar-refractivity contribution in [2.75, 3.05) is 0 Å². The predicted octanol–water partition coefficient (Wildman–Crippen LogP) is 2.39. The van der Waals surface area contributed by atoms with Gasteiger partial charge in [-0.05, 0) is 22.9 Å². The third kappa shape index (κ3) is 3.21. The first-order chi connectivity index (χ1) is 4.72. The summed E-state index contributed by atoms with van der Waals surface area (Å²) in [5, 5.41) is 8.32. The Morgan fingerprint density at radius 2 is 2.40 bits per heavy atom. The van der Waals surface area contributed by atoms with Crippen LogP contribution in [0.4, 0.5) is 0 Å². The molecular formula is C7H7BrN2. The van der Waals surface area contributed by atoms with E-state index in [2.05, 4.69) is 27.5 Å². The van der Waals surface area contributed by atoms with Gasteiger partial charge in [-0.25, -0.2) is 4.99 Å². The van der Waals surface area contributed by atoms with Gasteiger partial charge in [-0.1, -0.05) is 12.7 Å².